The van der Waals surface area contributed by atoms with E-state index in [9.17, 15) is 22.4 Å². The topological polar surface area (TPSA) is 137 Å². The first-order valence-corrected chi connectivity index (χ1v) is 13.0. The lowest BCUT2D eigenvalue weighted by Crippen LogP contribution is -2.15. The van der Waals surface area contributed by atoms with E-state index < -0.39 is 33.5 Å². The van der Waals surface area contributed by atoms with Crippen molar-refractivity contribution in [3.8, 4) is 11.3 Å². The van der Waals surface area contributed by atoms with Gasteiger partial charge in [0.15, 0.2) is 15.5 Å². The molecule has 36 heavy (non-hydrogen) atoms. The van der Waals surface area contributed by atoms with E-state index in [0.717, 1.165) is 0 Å². The van der Waals surface area contributed by atoms with Crippen LogP contribution in [0.5, 0.6) is 0 Å². The Hall–Kier alpha value is -4.12. The number of rotatable bonds is 5. The molecule has 0 bridgehead atoms. The molecule has 1 aliphatic heterocycles. The number of hydrogen-bond acceptors (Lipinski definition) is 6. The van der Waals surface area contributed by atoms with Gasteiger partial charge < -0.3 is 11.1 Å². The zero-order valence-corrected chi connectivity index (χ0v) is 20.0. The maximum absolute atomic E-state index is 13.5. The summed E-state index contributed by atoms with van der Waals surface area (Å²) in [4.78, 5) is 29.5. The van der Waals surface area contributed by atoms with E-state index in [1.165, 1.54) is 24.3 Å². The van der Waals surface area contributed by atoms with E-state index in [2.05, 4.69) is 10.4 Å². The number of carbonyl (C=O) groups is 2. The van der Waals surface area contributed by atoms with Crippen molar-refractivity contribution in [2.75, 3.05) is 16.8 Å². The van der Waals surface area contributed by atoms with Gasteiger partial charge in [0.25, 0.3) is 5.91 Å². The third-order valence-electron chi connectivity index (χ3n) is 6.20. The minimum Gasteiger partial charge on any atom is -0.366 e. The molecule has 1 aliphatic rings. The number of benzene rings is 2. The lowest BCUT2D eigenvalue weighted by molar-refractivity contribution is 0.0998. The highest BCUT2D eigenvalue weighted by atomic mass is 32.2. The molecule has 11 heteroatoms. The van der Waals surface area contributed by atoms with Gasteiger partial charge in [-0.05, 0) is 67.9 Å². The zero-order chi connectivity index (χ0) is 25.6. The number of anilines is 1. The van der Waals surface area contributed by atoms with Crippen LogP contribution in [0.25, 0.3) is 22.3 Å². The Morgan fingerprint density at radius 1 is 1.11 bits per heavy atom. The fourth-order valence-corrected chi connectivity index (χ4v) is 6.09. The van der Waals surface area contributed by atoms with Gasteiger partial charge in [0, 0.05) is 16.8 Å². The van der Waals surface area contributed by atoms with Crippen LogP contribution < -0.4 is 11.1 Å². The maximum atomic E-state index is 13.5. The number of hydrogen-bond donors (Lipinski definition) is 2. The maximum Gasteiger partial charge on any atom is 0.256 e. The molecule has 1 unspecified atom stereocenters. The number of nitrogens with zero attached hydrogens (tertiary/aromatic N) is 3. The molecule has 0 spiro atoms. The van der Waals surface area contributed by atoms with E-state index in [1.807, 2.05) is 0 Å². The van der Waals surface area contributed by atoms with Crippen molar-refractivity contribution in [3.05, 3.63) is 77.2 Å². The fourth-order valence-electron chi connectivity index (χ4n) is 4.40. The van der Waals surface area contributed by atoms with Gasteiger partial charge in [-0.3, -0.25) is 9.59 Å². The minimum atomic E-state index is -3.19. The Bertz CT molecular complexity index is 1610. The van der Waals surface area contributed by atoms with E-state index in [4.69, 9.17) is 10.7 Å². The molecule has 9 nitrogen and oxygen atoms in total. The SMILES string of the molecule is Cc1nn(C2CCS(=O)(=O)C2)c2nc(-c3ccc(F)cc3)cc(C(=O)Nc3ccc(C(N)=O)cc3)c12. The summed E-state index contributed by atoms with van der Waals surface area (Å²) in [5, 5.41) is 7.87. The summed E-state index contributed by atoms with van der Waals surface area (Å²) in [6, 6.07) is 13.1. The van der Waals surface area contributed by atoms with Crippen LogP contribution in [0, 0.1) is 12.7 Å². The zero-order valence-electron chi connectivity index (χ0n) is 19.2. The molecule has 0 radical (unpaired) electrons. The summed E-state index contributed by atoms with van der Waals surface area (Å²) in [6.45, 7) is 1.74. The first-order chi connectivity index (χ1) is 17.1. The molecule has 0 aliphatic carbocycles. The van der Waals surface area contributed by atoms with Crippen molar-refractivity contribution in [2.24, 2.45) is 5.73 Å². The van der Waals surface area contributed by atoms with Crippen LogP contribution in [-0.2, 0) is 9.84 Å². The summed E-state index contributed by atoms with van der Waals surface area (Å²) in [5.74, 6) is -1.43. The molecule has 0 saturated carbocycles. The fraction of sp³-hybridized carbons (Fsp3) is 0.200. The molecular formula is C25H22FN5O4S. The lowest BCUT2D eigenvalue weighted by atomic mass is 10.0. The van der Waals surface area contributed by atoms with Crippen molar-refractivity contribution < 1.29 is 22.4 Å². The number of nitrogens with two attached hydrogens (primary N) is 1. The number of fused-ring (bicyclic) bond motifs is 1. The van der Waals surface area contributed by atoms with Gasteiger partial charge >= 0.3 is 0 Å². The van der Waals surface area contributed by atoms with Gasteiger partial charge in [0.2, 0.25) is 5.91 Å². The number of nitrogens with one attached hydrogen (secondary N) is 1. The second-order valence-corrected chi connectivity index (χ2v) is 11.0. The summed E-state index contributed by atoms with van der Waals surface area (Å²) in [6.07, 6.45) is 0.398. The Labute approximate surface area is 206 Å². The van der Waals surface area contributed by atoms with Crippen molar-refractivity contribution in [2.45, 2.75) is 19.4 Å². The average molecular weight is 508 g/mol. The summed E-state index contributed by atoms with van der Waals surface area (Å²) in [5.41, 5.74) is 8.23. The van der Waals surface area contributed by atoms with Crippen LogP contribution in [-0.4, -0.2) is 46.5 Å². The number of carbonyl (C=O) groups excluding carboxylic acids is 2. The third kappa shape index (κ3) is 4.44. The predicted molar refractivity (Wildman–Crippen MR) is 133 cm³/mol. The number of pyridine rings is 1. The Kier molecular flexibility index (Phi) is 5.79. The molecule has 2 aromatic carbocycles. The first kappa shape index (κ1) is 23.6. The van der Waals surface area contributed by atoms with Crippen molar-refractivity contribution in [1.29, 1.82) is 0 Å². The quantitative estimate of drug-likeness (QED) is 0.425. The van der Waals surface area contributed by atoms with Crippen LogP contribution in [0.1, 0.15) is 38.9 Å². The standard InChI is InChI=1S/C25H22FN5O4S/c1-14-22-20(25(33)28-18-8-4-16(5-9-18)23(27)32)12-21(15-2-6-17(26)7-3-15)29-24(22)31(30-14)19-10-11-36(34,35)13-19/h2-9,12,19H,10-11,13H2,1H3,(H2,27,32)(H,28,33). The highest BCUT2D eigenvalue weighted by Crippen LogP contribution is 2.32. The Balaban J connectivity index is 1.63. The van der Waals surface area contributed by atoms with Gasteiger partial charge in [-0.1, -0.05) is 0 Å². The minimum absolute atomic E-state index is 0.0561. The van der Waals surface area contributed by atoms with Crippen LogP contribution in [0.2, 0.25) is 0 Å². The van der Waals surface area contributed by atoms with Gasteiger partial charge in [0.05, 0.1) is 39.9 Å². The molecule has 1 atom stereocenters. The largest absolute Gasteiger partial charge is 0.366 e. The average Bonchev–Trinajstić information content (AvgIpc) is 3.38. The molecule has 2 aromatic heterocycles. The highest BCUT2D eigenvalue weighted by molar-refractivity contribution is 7.91. The third-order valence-corrected chi connectivity index (χ3v) is 7.95. The van der Waals surface area contributed by atoms with Gasteiger partial charge in [-0.15, -0.1) is 0 Å². The molecule has 2 amide bonds. The smallest absolute Gasteiger partial charge is 0.256 e. The molecular weight excluding hydrogens is 485 g/mol. The number of aryl methyl sites for hydroxylation is 1. The van der Waals surface area contributed by atoms with E-state index in [1.54, 1.807) is 41.9 Å². The van der Waals surface area contributed by atoms with Crippen LogP contribution >= 0.6 is 0 Å². The van der Waals surface area contributed by atoms with E-state index in [0.29, 0.717) is 45.7 Å². The van der Waals surface area contributed by atoms with Crippen molar-refractivity contribution >= 4 is 38.4 Å². The Morgan fingerprint density at radius 3 is 2.42 bits per heavy atom. The van der Waals surface area contributed by atoms with Crippen molar-refractivity contribution in [1.82, 2.24) is 14.8 Å². The molecule has 3 N–H and O–H groups in total. The van der Waals surface area contributed by atoms with Gasteiger partial charge in [-0.2, -0.15) is 5.10 Å². The Morgan fingerprint density at radius 2 is 1.81 bits per heavy atom. The highest BCUT2D eigenvalue weighted by Gasteiger charge is 2.32. The van der Waals surface area contributed by atoms with E-state index >= 15 is 0 Å². The second-order valence-electron chi connectivity index (χ2n) is 8.74. The first-order valence-electron chi connectivity index (χ1n) is 11.2. The summed E-state index contributed by atoms with van der Waals surface area (Å²) >= 11 is 0. The molecule has 184 valence electrons. The number of aromatic nitrogens is 3. The van der Waals surface area contributed by atoms with Gasteiger partial charge in [0.1, 0.15) is 5.82 Å². The van der Waals surface area contributed by atoms with Crippen LogP contribution in [0.4, 0.5) is 10.1 Å². The molecule has 1 fully saturated rings. The molecule has 4 aromatic rings. The lowest BCUT2D eigenvalue weighted by Gasteiger charge is -2.12. The van der Waals surface area contributed by atoms with Crippen molar-refractivity contribution in [3.63, 3.8) is 0 Å². The van der Waals surface area contributed by atoms with Crippen LogP contribution in [0.3, 0.4) is 0 Å². The molecule has 1 saturated heterocycles. The second kappa shape index (κ2) is 8.83. The number of sulfone groups is 1. The number of halogens is 1. The molecule has 3 heterocycles. The summed E-state index contributed by atoms with van der Waals surface area (Å²) < 4.78 is 39.4. The van der Waals surface area contributed by atoms with Gasteiger partial charge in [-0.25, -0.2) is 22.5 Å². The predicted octanol–water partition coefficient (Wildman–Crippen LogP) is 3.26. The molecule has 5 rings (SSSR count). The normalized spacial score (nSPS) is 16.8. The van der Waals surface area contributed by atoms with Crippen LogP contribution in [0.15, 0.2) is 54.6 Å². The summed E-state index contributed by atoms with van der Waals surface area (Å²) in [7, 11) is -3.19. The monoisotopic (exact) mass is 507 g/mol. The van der Waals surface area contributed by atoms with E-state index in [-0.39, 0.29) is 17.1 Å². The number of primary amides is 1. The number of amides is 2.